The summed E-state index contributed by atoms with van der Waals surface area (Å²) >= 11 is 0. The zero-order valence-electron chi connectivity index (χ0n) is 13.5. The van der Waals surface area contributed by atoms with Gasteiger partial charge in [-0.25, -0.2) is 0 Å². The summed E-state index contributed by atoms with van der Waals surface area (Å²) in [5.74, 6) is 1.03. The standard InChI is InChI=1S/C19H18N2O3/c1-13(14-6-4-3-5-7-14)20-19(22)17-12-18(24-21-17)15-8-10-16(23-2)11-9-15/h3-13H,1-2H3,(H,20,22)/t13-/m0/s1. The fourth-order valence-corrected chi connectivity index (χ4v) is 2.37. The van der Waals surface area contributed by atoms with Crippen molar-refractivity contribution in [2.75, 3.05) is 7.11 Å². The molecule has 0 saturated carbocycles. The lowest BCUT2D eigenvalue weighted by Crippen LogP contribution is -2.26. The Balaban J connectivity index is 1.71. The van der Waals surface area contributed by atoms with Gasteiger partial charge in [0.1, 0.15) is 5.75 Å². The lowest BCUT2D eigenvalue weighted by molar-refractivity contribution is 0.0931. The fraction of sp³-hybridized carbons (Fsp3) is 0.158. The van der Waals surface area contributed by atoms with Crippen molar-refractivity contribution in [3.63, 3.8) is 0 Å². The molecule has 0 spiro atoms. The van der Waals surface area contributed by atoms with Crippen LogP contribution in [0.1, 0.15) is 29.0 Å². The van der Waals surface area contributed by atoms with Crippen LogP contribution in [0.3, 0.4) is 0 Å². The van der Waals surface area contributed by atoms with E-state index in [1.54, 1.807) is 13.2 Å². The van der Waals surface area contributed by atoms with Crippen molar-refractivity contribution in [2.24, 2.45) is 0 Å². The number of nitrogens with one attached hydrogen (secondary N) is 1. The van der Waals surface area contributed by atoms with Crippen LogP contribution in [0.25, 0.3) is 11.3 Å². The van der Waals surface area contributed by atoms with E-state index >= 15 is 0 Å². The number of amides is 1. The van der Waals surface area contributed by atoms with Crippen molar-refractivity contribution in [1.82, 2.24) is 10.5 Å². The Kier molecular flexibility index (Phi) is 4.61. The lowest BCUT2D eigenvalue weighted by atomic mass is 10.1. The molecule has 0 bridgehead atoms. The van der Waals surface area contributed by atoms with Crippen LogP contribution in [0.5, 0.6) is 5.75 Å². The zero-order chi connectivity index (χ0) is 16.9. The SMILES string of the molecule is COc1ccc(-c2cc(C(=O)N[C@@H](C)c3ccccc3)no2)cc1. The molecular formula is C19H18N2O3. The molecule has 2 aromatic carbocycles. The van der Waals surface area contributed by atoms with Crippen molar-refractivity contribution in [3.8, 4) is 17.1 Å². The number of hydrogen-bond acceptors (Lipinski definition) is 4. The average molecular weight is 322 g/mol. The number of nitrogens with zero attached hydrogens (tertiary/aromatic N) is 1. The molecule has 0 unspecified atom stereocenters. The number of carbonyl (C=O) groups excluding carboxylic acids is 1. The Morgan fingerprint density at radius 2 is 1.83 bits per heavy atom. The maximum absolute atomic E-state index is 12.3. The molecule has 5 heteroatoms. The smallest absolute Gasteiger partial charge is 0.273 e. The molecule has 1 aromatic heterocycles. The topological polar surface area (TPSA) is 64.4 Å². The highest BCUT2D eigenvalue weighted by atomic mass is 16.5. The maximum Gasteiger partial charge on any atom is 0.273 e. The van der Waals surface area contributed by atoms with E-state index in [0.29, 0.717) is 5.76 Å². The molecule has 24 heavy (non-hydrogen) atoms. The Morgan fingerprint density at radius 1 is 1.12 bits per heavy atom. The van der Waals surface area contributed by atoms with E-state index in [9.17, 15) is 4.79 Å². The molecule has 5 nitrogen and oxygen atoms in total. The molecule has 3 rings (SSSR count). The molecule has 0 saturated heterocycles. The third-order valence-corrected chi connectivity index (χ3v) is 3.76. The van der Waals surface area contributed by atoms with Crippen LogP contribution in [0.2, 0.25) is 0 Å². The molecule has 1 amide bonds. The second-order valence-electron chi connectivity index (χ2n) is 5.41. The minimum absolute atomic E-state index is 0.111. The number of rotatable bonds is 5. The Labute approximate surface area is 140 Å². The van der Waals surface area contributed by atoms with Crippen molar-refractivity contribution in [2.45, 2.75) is 13.0 Å². The molecule has 0 radical (unpaired) electrons. The monoisotopic (exact) mass is 322 g/mol. The molecule has 0 aliphatic carbocycles. The summed E-state index contributed by atoms with van der Waals surface area (Å²) in [6.45, 7) is 1.93. The third kappa shape index (κ3) is 3.46. The largest absolute Gasteiger partial charge is 0.497 e. The van der Waals surface area contributed by atoms with Crippen molar-refractivity contribution in [1.29, 1.82) is 0 Å². The predicted octanol–water partition coefficient (Wildman–Crippen LogP) is 3.84. The van der Waals surface area contributed by atoms with Gasteiger partial charge in [-0.15, -0.1) is 0 Å². The van der Waals surface area contributed by atoms with Gasteiger partial charge in [-0.05, 0) is 36.8 Å². The van der Waals surface area contributed by atoms with E-state index in [-0.39, 0.29) is 17.6 Å². The Morgan fingerprint density at radius 3 is 2.50 bits per heavy atom. The molecule has 0 aliphatic heterocycles. The third-order valence-electron chi connectivity index (χ3n) is 3.76. The van der Waals surface area contributed by atoms with Crippen LogP contribution in [-0.4, -0.2) is 18.2 Å². The highest BCUT2D eigenvalue weighted by molar-refractivity contribution is 5.93. The van der Waals surface area contributed by atoms with Crippen LogP contribution in [-0.2, 0) is 0 Å². The van der Waals surface area contributed by atoms with Gasteiger partial charge in [0, 0.05) is 11.6 Å². The van der Waals surface area contributed by atoms with Gasteiger partial charge in [0.25, 0.3) is 5.91 Å². The highest BCUT2D eigenvalue weighted by Gasteiger charge is 2.16. The maximum atomic E-state index is 12.3. The van der Waals surface area contributed by atoms with Gasteiger partial charge in [-0.1, -0.05) is 35.5 Å². The van der Waals surface area contributed by atoms with Gasteiger partial charge < -0.3 is 14.6 Å². The van der Waals surface area contributed by atoms with Crippen LogP contribution in [0.15, 0.2) is 65.2 Å². The van der Waals surface area contributed by atoms with E-state index in [0.717, 1.165) is 16.9 Å². The van der Waals surface area contributed by atoms with Crippen molar-refractivity contribution in [3.05, 3.63) is 71.9 Å². The normalized spacial score (nSPS) is 11.8. The molecule has 3 aromatic rings. The van der Waals surface area contributed by atoms with Gasteiger partial charge >= 0.3 is 0 Å². The molecule has 1 N–H and O–H groups in total. The number of carbonyl (C=O) groups is 1. The zero-order valence-corrected chi connectivity index (χ0v) is 13.5. The molecule has 122 valence electrons. The average Bonchev–Trinajstić information content (AvgIpc) is 3.13. The Hall–Kier alpha value is -3.08. The van der Waals surface area contributed by atoms with Crippen LogP contribution >= 0.6 is 0 Å². The summed E-state index contributed by atoms with van der Waals surface area (Å²) in [5.41, 5.74) is 2.12. The minimum Gasteiger partial charge on any atom is -0.497 e. The first-order valence-corrected chi connectivity index (χ1v) is 7.64. The number of benzene rings is 2. The van der Waals surface area contributed by atoms with E-state index in [1.807, 2.05) is 61.5 Å². The number of aromatic nitrogens is 1. The summed E-state index contributed by atoms with van der Waals surface area (Å²) in [4.78, 5) is 12.3. The van der Waals surface area contributed by atoms with Crippen molar-refractivity contribution >= 4 is 5.91 Å². The summed E-state index contributed by atoms with van der Waals surface area (Å²) in [6.07, 6.45) is 0. The highest BCUT2D eigenvalue weighted by Crippen LogP contribution is 2.23. The summed E-state index contributed by atoms with van der Waals surface area (Å²) < 4.78 is 10.4. The quantitative estimate of drug-likeness (QED) is 0.775. The lowest BCUT2D eigenvalue weighted by Gasteiger charge is -2.12. The van der Waals surface area contributed by atoms with Gasteiger partial charge in [-0.2, -0.15) is 0 Å². The van der Waals surface area contributed by atoms with Gasteiger partial charge in [0.05, 0.1) is 13.2 Å². The fourth-order valence-electron chi connectivity index (χ4n) is 2.37. The first-order valence-electron chi connectivity index (χ1n) is 7.64. The van der Waals surface area contributed by atoms with Gasteiger partial charge in [-0.3, -0.25) is 4.79 Å². The Bertz CT molecular complexity index is 810. The van der Waals surface area contributed by atoms with Gasteiger partial charge in [0.2, 0.25) is 0 Å². The summed E-state index contributed by atoms with van der Waals surface area (Å²) in [6, 6.07) is 18.6. The van der Waals surface area contributed by atoms with Crippen molar-refractivity contribution < 1.29 is 14.1 Å². The first-order chi connectivity index (χ1) is 11.7. The van der Waals surface area contributed by atoms with Crippen LogP contribution in [0.4, 0.5) is 0 Å². The summed E-state index contributed by atoms with van der Waals surface area (Å²) in [7, 11) is 1.61. The number of ether oxygens (including phenoxy) is 1. The molecule has 1 atom stereocenters. The number of methoxy groups -OCH3 is 1. The first kappa shape index (κ1) is 15.8. The van der Waals surface area contributed by atoms with Crippen LogP contribution < -0.4 is 10.1 Å². The predicted molar refractivity (Wildman–Crippen MR) is 90.8 cm³/mol. The summed E-state index contributed by atoms with van der Waals surface area (Å²) in [5, 5.41) is 6.78. The van der Waals surface area contributed by atoms with E-state index in [4.69, 9.17) is 9.26 Å². The second-order valence-corrected chi connectivity index (χ2v) is 5.41. The molecule has 1 heterocycles. The van der Waals surface area contributed by atoms with Crippen LogP contribution in [0, 0.1) is 0 Å². The molecular weight excluding hydrogens is 304 g/mol. The minimum atomic E-state index is -0.269. The van der Waals surface area contributed by atoms with E-state index < -0.39 is 0 Å². The van der Waals surface area contributed by atoms with E-state index in [2.05, 4.69) is 10.5 Å². The second kappa shape index (κ2) is 7.00. The molecule has 0 aliphatic rings. The van der Waals surface area contributed by atoms with Gasteiger partial charge in [0.15, 0.2) is 11.5 Å². The van der Waals surface area contributed by atoms with E-state index in [1.165, 1.54) is 0 Å². The number of hydrogen-bond donors (Lipinski definition) is 1. The molecule has 0 fully saturated rings.